The first-order valence-electron chi connectivity index (χ1n) is 6.99. The van der Waals surface area contributed by atoms with Gasteiger partial charge < -0.3 is 19.0 Å². The Labute approximate surface area is 123 Å². The maximum absolute atomic E-state index is 10.4. The molecule has 1 aliphatic heterocycles. The molecule has 1 atom stereocenters. The third kappa shape index (κ3) is 3.37. The lowest BCUT2D eigenvalue weighted by Crippen LogP contribution is -2.24. The molecule has 5 nitrogen and oxygen atoms in total. The van der Waals surface area contributed by atoms with Crippen molar-refractivity contribution in [3.8, 4) is 11.5 Å². The summed E-state index contributed by atoms with van der Waals surface area (Å²) >= 11 is 0. The van der Waals surface area contributed by atoms with Crippen molar-refractivity contribution in [2.75, 3.05) is 26.8 Å². The number of furan rings is 1. The number of likely N-dealkylation sites (N-methyl/N-ethyl adjacent to an activating group) is 1. The Bertz CT molecular complexity index is 582. The smallest absolute Gasteiger partial charge is 0.161 e. The molecule has 0 saturated heterocycles. The van der Waals surface area contributed by atoms with Gasteiger partial charge in [-0.15, -0.1) is 0 Å². The number of fused-ring (bicyclic) bond motifs is 1. The van der Waals surface area contributed by atoms with Crippen LogP contribution in [0.5, 0.6) is 11.5 Å². The summed E-state index contributed by atoms with van der Waals surface area (Å²) in [6, 6.07) is 7.50. The molecule has 1 unspecified atom stereocenters. The molecule has 0 bridgehead atoms. The van der Waals surface area contributed by atoms with Gasteiger partial charge in [-0.2, -0.15) is 0 Å². The molecule has 0 aliphatic carbocycles. The second kappa shape index (κ2) is 6.20. The first-order valence-corrected chi connectivity index (χ1v) is 6.99. The molecular weight excluding hydrogens is 270 g/mol. The van der Waals surface area contributed by atoms with Crippen LogP contribution in [0.1, 0.15) is 17.2 Å². The average molecular weight is 289 g/mol. The lowest BCUT2D eigenvalue weighted by atomic mass is 10.1. The van der Waals surface area contributed by atoms with Crippen molar-refractivity contribution in [2.24, 2.45) is 0 Å². The van der Waals surface area contributed by atoms with Crippen LogP contribution < -0.4 is 9.47 Å². The van der Waals surface area contributed by atoms with Crippen molar-refractivity contribution in [1.82, 2.24) is 4.90 Å². The van der Waals surface area contributed by atoms with Crippen LogP contribution in [0.15, 0.2) is 41.2 Å². The third-order valence-electron chi connectivity index (χ3n) is 3.47. The molecule has 21 heavy (non-hydrogen) atoms. The van der Waals surface area contributed by atoms with Gasteiger partial charge in [-0.3, -0.25) is 4.90 Å². The topological polar surface area (TPSA) is 55.1 Å². The highest BCUT2D eigenvalue weighted by atomic mass is 16.6. The van der Waals surface area contributed by atoms with Crippen molar-refractivity contribution in [1.29, 1.82) is 0 Å². The quantitative estimate of drug-likeness (QED) is 0.914. The molecule has 0 radical (unpaired) electrons. The fourth-order valence-corrected chi connectivity index (χ4v) is 2.43. The van der Waals surface area contributed by atoms with Gasteiger partial charge in [-0.1, -0.05) is 6.07 Å². The molecular formula is C16H19NO4. The van der Waals surface area contributed by atoms with Crippen molar-refractivity contribution in [3.05, 3.63) is 47.9 Å². The molecule has 112 valence electrons. The van der Waals surface area contributed by atoms with Crippen LogP contribution in [-0.4, -0.2) is 36.8 Å². The lowest BCUT2D eigenvalue weighted by Gasteiger charge is -2.23. The number of rotatable bonds is 5. The molecule has 5 heteroatoms. The largest absolute Gasteiger partial charge is 0.486 e. The Kier molecular flexibility index (Phi) is 4.13. The Morgan fingerprint density at radius 3 is 2.76 bits per heavy atom. The van der Waals surface area contributed by atoms with Crippen LogP contribution in [0.25, 0.3) is 0 Å². The maximum Gasteiger partial charge on any atom is 0.161 e. The first kappa shape index (κ1) is 14.0. The molecule has 0 saturated carbocycles. The van der Waals surface area contributed by atoms with Crippen LogP contribution in [0.2, 0.25) is 0 Å². The number of aliphatic hydroxyl groups excluding tert-OH is 1. The van der Waals surface area contributed by atoms with Crippen LogP contribution in [0.4, 0.5) is 0 Å². The molecule has 1 aromatic heterocycles. The van der Waals surface area contributed by atoms with E-state index >= 15 is 0 Å². The second-order valence-corrected chi connectivity index (χ2v) is 5.25. The Morgan fingerprint density at radius 2 is 2.00 bits per heavy atom. The van der Waals surface area contributed by atoms with Gasteiger partial charge in [0.1, 0.15) is 13.2 Å². The Hall–Kier alpha value is -1.98. The van der Waals surface area contributed by atoms with Crippen molar-refractivity contribution in [2.45, 2.75) is 12.6 Å². The maximum atomic E-state index is 10.4. The summed E-state index contributed by atoms with van der Waals surface area (Å²) in [6.45, 7) is 2.39. The molecule has 1 N–H and O–H groups in total. The molecule has 3 rings (SSSR count). The average Bonchev–Trinajstić information content (AvgIpc) is 2.99. The number of benzene rings is 1. The summed E-state index contributed by atoms with van der Waals surface area (Å²) < 4.78 is 16.1. The van der Waals surface area contributed by atoms with Gasteiger partial charge in [0.25, 0.3) is 0 Å². The van der Waals surface area contributed by atoms with Gasteiger partial charge in [0, 0.05) is 18.7 Å². The minimum Gasteiger partial charge on any atom is -0.486 e. The van der Waals surface area contributed by atoms with E-state index in [-0.39, 0.29) is 0 Å². The zero-order valence-electron chi connectivity index (χ0n) is 12.0. The van der Waals surface area contributed by atoms with Gasteiger partial charge in [-0.05, 0) is 30.8 Å². The van der Waals surface area contributed by atoms with Gasteiger partial charge in [0.15, 0.2) is 11.5 Å². The van der Waals surface area contributed by atoms with Crippen LogP contribution in [-0.2, 0) is 6.54 Å². The Morgan fingerprint density at radius 1 is 1.19 bits per heavy atom. The molecule has 2 aromatic rings. The SMILES string of the molecule is CN(Cc1ccoc1)CC(O)c1ccc2c(c1)OCCO2. The van der Waals surface area contributed by atoms with Crippen LogP contribution >= 0.6 is 0 Å². The van der Waals surface area contributed by atoms with Gasteiger partial charge >= 0.3 is 0 Å². The molecule has 0 spiro atoms. The number of hydrogen-bond donors (Lipinski definition) is 1. The van der Waals surface area contributed by atoms with E-state index in [1.165, 1.54) is 0 Å². The Balaban J connectivity index is 1.63. The van der Waals surface area contributed by atoms with Crippen LogP contribution in [0, 0.1) is 0 Å². The minimum absolute atomic E-state index is 0.533. The van der Waals surface area contributed by atoms with Crippen molar-refractivity contribution >= 4 is 0 Å². The minimum atomic E-state index is -0.572. The molecule has 1 aliphatic rings. The standard InChI is InChI=1S/C16H19NO4/c1-17(9-12-4-5-19-11-12)10-14(18)13-2-3-15-16(8-13)21-7-6-20-15/h2-5,8,11,14,18H,6-7,9-10H2,1H3. The van der Waals surface area contributed by atoms with Crippen molar-refractivity contribution in [3.63, 3.8) is 0 Å². The zero-order valence-corrected chi connectivity index (χ0v) is 12.0. The van der Waals surface area contributed by atoms with Gasteiger partial charge in [0.05, 0.1) is 18.6 Å². The van der Waals surface area contributed by atoms with Gasteiger partial charge in [-0.25, -0.2) is 0 Å². The molecule has 2 heterocycles. The predicted molar refractivity (Wildman–Crippen MR) is 77.4 cm³/mol. The highest BCUT2D eigenvalue weighted by Crippen LogP contribution is 2.32. The number of aliphatic hydroxyl groups is 1. The molecule has 1 aromatic carbocycles. The van der Waals surface area contributed by atoms with Crippen molar-refractivity contribution < 1.29 is 19.0 Å². The summed E-state index contributed by atoms with van der Waals surface area (Å²) in [5, 5.41) is 10.4. The van der Waals surface area contributed by atoms with E-state index in [1.54, 1.807) is 12.5 Å². The van der Waals surface area contributed by atoms with E-state index in [4.69, 9.17) is 13.9 Å². The zero-order chi connectivity index (χ0) is 14.7. The summed E-state index contributed by atoms with van der Waals surface area (Å²) in [7, 11) is 1.97. The van der Waals surface area contributed by atoms with E-state index in [2.05, 4.69) is 0 Å². The number of nitrogens with zero attached hydrogens (tertiary/aromatic N) is 1. The molecule has 0 fully saturated rings. The summed E-state index contributed by atoms with van der Waals surface area (Å²) in [5.41, 5.74) is 1.92. The predicted octanol–water partition coefficient (Wildman–Crippen LogP) is 2.22. The van der Waals surface area contributed by atoms with E-state index in [0.717, 1.165) is 23.4 Å². The fourth-order valence-electron chi connectivity index (χ4n) is 2.43. The van der Waals surface area contributed by atoms with Gasteiger partial charge in [0.2, 0.25) is 0 Å². The second-order valence-electron chi connectivity index (χ2n) is 5.25. The normalized spacial score (nSPS) is 15.2. The van der Waals surface area contributed by atoms with E-state index in [0.29, 0.717) is 25.5 Å². The molecule has 0 amide bonds. The van der Waals surface area contributed by atoms with E-state index in [9.17, 15) is 5.11 Å². The number of ether oxygens (including phenoxy) is 2. The number of hydrogen-bond acceptors (Lipinski definition) is 5. The first-order chi connectivity index (χ1) is 10.2. The van der Waals surface area contributed by atoms with Crippen LogP contribution in [0.3, 0.4) is 0 Å². The van der Waals surface area contributed by atoms with E-state index < -0.39 is 6.10 Å². The summed E-state index contributed by atoms with van der Waals surface area (Å²) in [6.07, 6.45) is 2.80. The monoisotopic (exact) mass is 289 g/mol. The summed E-state index contributed by atoms with van der Waals surface area (Å²) in [5.74, 6) is 1.44. The fraction of sp³-hybridized carbons (Fsp3) is 0.375. The lowest BCUT2D eigenvalue weighted by molar-refractivity contribution is 0.122. The highest BCUT2D eigenvalue weighted by Gasteiger charge is 2.16. The highest BCUT2D eigenvalue weighted by molar-refractivity contribution is 5.44. The third-order valence-corrected chi connectivity index (χ3v) is 3.47. The summed E-state index contributed by atoms with van der Waals surface area (Å²) in [4.78, 5) is 2.05. The van der Waals surface area contributed by atoms with E-state index in [1.807, 2.05) is 36.2 Å².